The highest BCUT2D eigenvalue weighted by molar-refractivity contribution is 5.92. The van der Waals surface area contributed by atoms with Crippen molar-refractivity contribution in [2.45, 2.75) is 26.7 Å². The van der Waals surface area contributed by atoms with Gasteiger partial charge in [-0.1, -0.05) is 38.1 Å². The molecular formula is C23H23N5O2. The van der Waals surface area contributed by atoms with Crippen molar-refractivity contribution in [3.63, 3.8) is 0 Å². The number of nitrogens with zero attached hydrogens (tertiary/aromatic N) is 4. The van der Waals surface area contributed by atoms with Gasteiger partial charge in [-0.15, -0.1) is 10.2 Å². The fraction of sp³-hybridized carbons (Fsp3) is 0.217. The summed E-state index contributed by atoms with van der Waals surface area (Å²) in [6.07, 6.45) is 0. The Hall–Kier alpha value is -3.74. The smallest absolute Gasteiger partial charge is 0.262 e. The molecule has 1 N–H and O–H groups in total. The molecule has 0 aliphatic carbocycles. The third-order valence-corrected chi connectivity index (χ3v) is 4.78. The van der Waals surface area contributed by atoms with E-state index in [9.17, 15) is 4.79 Å². The lowest BCUT2D eigenvalue weighted by atomic mass is 10.0. The maximum absolute atomic E-state index is 12.3. The van der Waals surface area contributed by atoms with E-state index in [1.165, 1.54) is 5.56 Å². The first-order chi connectivity index (χ1) is 14.5. The molecule has 7 nitrogen and oxygen atoms in total. The summed E-state index contributed by atoms with van der Waals surface area (Å²) in [5.41, 5.74) is 4.26. The zero-order valence-corrected chi connectivity index (χ0v) is 17.2. The first-order valence-corrected chi connectivity index (χ1v) is 9.82. The molecule has 1 amide bonds. The first kappa shape index (κ1) is 19.6. The number of aromatic nitrogens is 4. The van der Waals surface area contributed by atoms with Gasteiger partial charge < -0.3 is 10.1 Å². The minimum atomic E-state index is -0.224. The number of anilines is 1. The Bertz CT molecular complexity index is 1180. The van der Waals surface area contributed by atoms with E-state index in [-0.39, 0.29) is 12.5 Å². The predicted octanol–water partition coefficient (Wildman–Crippen LogP) is 4.24. The summed E-state index contributed by atoms with van der Waals surface area (Å²) in [6.45, 7) is 6.07. The Morgan fingerprint density at radius 2 is 1.87 bits per heavy atom. The highest BCUT2D eigenvalue weighted by Gasteiger charge is 2.08. The van der Waals surface area contributed by atoms with E-state index in [1.807, 2.05) is 67.6 Å². The molecular weight excluding hydrogens is 378 g/mol. The number of ether oxygens (including phenoxy) is 1. The predicted molar refractivity (Wildman–Crippen MR) is 116 cm³/mol. The second-order valence-corrected chi connectivity index (χ2v) is 7.38. The van der Waals surface area contributed by atoms with Crippen molar-refractivity contribution in [1.82, 2.24) is 19.8 Å². The Labute approximate surface area is 174 Å². The summed E-state index contributed by atoms with van der Waals surface area (Å²) < 4.78 is 7.29. The largest absolute Gasteiger partial charge is 0.484 e. The summed E-state index contributed by atoms with van der Waals surface area (Å²) in [5.74, 6) is 1.62. The molecule has 0 fully saturated rings. The zero-order chi connectivity index (χ0) is 21.1. The van der Waals surface area contributed by atoms with Gasteiger partial charge >= 0.3 is 0 Å². The highest BCUT2D eigenvalue weighted by atomic mass is 16.5. The number of nitrogens with one attached hydrogen (secondary N) is 1. The number of rotatable bonds is 6. The average Bonchev–Trinajstić information content (AvgIpc) is 3.13. The van der Waals surface area contributed by atoms with Crippen LogP contribution < -0.4 is 10.1 Å². The average molecular weight is 401 g/mol. The highest BCUT2D eigenvalue weighted by Crippen LogP contribution is 2.22. The molecule has 0 radical (unpaired) electrons. The monoisotopic (exact) mass is 401 g/mol. The van der Waals surface area contributed by atoms with Crippen LogP contribution in [0, 0.1) is 6.92 Å². The number of carbonyl (C=O) groups excluding carboxylic acids is 1. The van der Waals surface area contributed by atoms with Gasteiger partial charge in [0.2, 0.25) is 0 Å². The molecule has 0 saturated heterocycles. The minimum Gasteiger partial charge on any atom is -0.484 e. The third-order valence-electron chi connectivity index (χ3n) is 4.78. The molecule has 4 rings (SSSR count). The normalized spacial score (nSPS) is 11.1. The molecule has 2 aromatic heterocycles. The van der Waals surface area contributed by atoms with Crippen LogP contribution in [0.2, 0.25) is 0 Å². The van der Waals surface area contributed by atoms with Crippen molar-refractivity contribution in [2.75, 3.05) is 11.9 Å². The lowest BCUT2D eigenvalue weighted by molar-refractivity contribution is -0.118. The molecule has 2 aromatic carbocycles. The lowest BCUT2D eigenvalue weighted by Crippen LogP contribution is -2.20. The van der Waals surface area contributed by atoms with E-state index in [1.54, 1.807) is 4.52 Å². The van der Waals surface area contributed by atoms with Gasteiger partial charge in [-0.2, -0.15) is 9.61 Å². The topological polar surface area (TPSA) is 81.4 Å². The van der Waals surface area contributed by atoms with E-state index in [2.05, 4.69) is 34.5 Å². The second kappa shape index (κ2) is 8.32. The van der Waals surface area contributed by atoms with Crippen LogP contribution in [-0.2, 0) is 4.79 Å². The van der Waals surface area contributed by atoms with Gasteiger partial charge in [0.15, 0.2) is 18.1 Å². The number of aryl methyl sites for hydroxylation is 1. The molecule has 0 spiro atoms. The Morgan fingerprint density at radius 1 is 1.07 bits per heavy atom. The summed E-state index contributed by atoms with van der Waals surface area (Å²) in [6, 6.07) is 19.1. The molecule has 0 atom stereocenters. The SMILES string of the molecule is Cc1nnc2ccc(-c3cccc(NC(=O)COc4ccc(C(C)C)cc4)c3)nn12. The third kappa shape index (κ3) is 4.30. The zero-order valence-electron chi connectivity index (χ0n) is 17.2. The maximum Gasteiger partial charge on any atom is 0.262 e. The second-order valence-electron chi connectivity index (χ2n) is 7.38. The first-order valence-electron chi connectivity index (χ1n) is 9.82. The van der Waals surface area contributed by atoms with Gasteiger partial charge in [-0.05, 0) is 54.8 Å². The minimum absolute atomic E-state index is 0.0602. The van der Waals surface area contributed by atoms with Crippen molar-refractivity contribution in [2.24, 2.45) is 0 Å². The number of benzene rings is 2. The summed E-state index contributed by atoms with van der Waals surface area (Å²) in [4.78, 5) is 12.3. The molecule has 2 heterocycles. The summed E-state index contributed by atoms with van der Waals surface area (Å²) in [5, 5.41) is 15.5. The molecule has 0 aliphatic rings. The summed E-state index contributed by atoms with van der Waals surface area (Å²) >= 11 is 0. The lowest BCUT2D eigenvalue weighted by Gasteiger charge is -2.10. The van der Waals surface area contributed by atoms with Gasteiger partial charge in [0.1, 0.15) is 5.75 Å². The van der Waals surface area contributed by atoms with Crippen LogP contribution in [0.5, 0.6) is 5.75 Å². The van der Waals surface area contributed by atoms with Crippen LogP contribution in [0.3, 0.4) is 0 Å². The Balaban J connectivity index is 1.42. The summed E-state index contributed by atoms with van der Waals surface area (Å²) in [7, 11) is 0. The van der Waals surface area contributed by atoms with Gasteiger partial charge in [-0.3, -0.25) is 4.79 Å². The van der Waals surface area contributed by atoms with Crippen molar-refractivity contribution < 1.29 is 9.53 Å². The van der Waals surface area contributed by atoms with E-state index >= 15 is 0 Å². The number of hydrogen-bond donors (Lipinski definition) is 1. The van der Waals surface area contributed by atoms with Crippen molar-refractivity contribution >= 4 is 17.2 Å². The van der Waals surface area contributed by atoms with Crippen LogP contribution >= 0.6 is 0 Å². The van der Waals surface area contributed by atoms with Crippen molar-refractivity contribution in [3.05, 3.63) is 72.1 Å². The molecule has 0 aliphatic heterocycles. The molecule has 4 aromatic rings. The molecule has 0 bridgehead atoms. The molecule has 0 unspecified atom stereocenters. The fourth-order valence-electron chi connectivity index (χ4n) is 3.10. The van der Waals surface area contributed by atoms with E-state index in [0.717, 1.165) is 17.1 Å². The molecule has 7 heteroatoms. The van der Waals surface area contributed by atoms with E-state index in [0.29, 0.717) is 23.0 Å². The fourth-order valence-corrected chi connectivity index (χ4v) is 3.10. The molecule has 0 saturated carbocycles. The number of carbonyl (C=O) groups is 1. The number of fused-ring (bicyclic) bond motifs is 1. The molecule has 30 heavy (non-hydrogen) atoms. The van der Waals surface area contributed by atoms with Crippen LogP contribution in [0.25, 0.3) is 16.9 Å². The Kier molecular flexibility index (Phi) is 5.43. The van der Waals surface area contributed by atoms with Crippen molar-refractivity contribution in [1.29, 1.82) is 0 Å². The van der Waals surface area contributed by atoms with Gasteiger partial charge in [0.05, 0.1) is 5.69 Å². The quantitative estimate of drug-likeness (QED) is 0.523. The van der Waals surface area contributed by atoms with Crippen LogP contribution in [0.15, 0.2) is 60.7 Å². The van der Waals surface area contributed by atoms with E-state index in [4.69, 9.17) is 4.74 Å². The van der Waals surface area contributed by atoms with Crippen molar-refractivity contribution in [3.8, 4) is 17.0 Å². The maximum atomic E-state index is 12.3. The number of hydrogen-bond acceptors (Lipinski definition) is 5. The Morgan fingerprint density at radius 3 is 2.63 bits per heavy atom. The number of amides is 1. The van der Waals surface area contributed by atoms with E-state index < -0.39 is 0 Å². The van der Waals surface area contributed by atoms with Crippen LogP contribution in [0.1, 0.15) is 31.2 Å². The van der Waals surface area contributed by atoms with Crippen LogP contribution in [-0.4, -0.2) is 32.3 Å². The van der Waals surface area contributed by atoms with Gasteiger partial charge in [0, 0.05) is 11.3 Å². The van der Waals surface area contributed by atoms with Gasteiger partial charge in [-0.25, -0.2) is 0 Å². The van der Waals surface area contributed by atoms with Crippen LogP contribution in [0.4, 0.5) is 5.69 Å². The van der Waals surface area contributed by atoms with Gasteiger partial charge in [0.25, 0.3) is 5.91 Å². The molecule has 152 valence electrons. The standard InChI is InChI=1S/C23H23N5O2/c1-15(2)17-7-9-20(10-8-17)30-14-23(29)24-19-6-4-5-18(13-19)21-11-12-22-26-25-16(3)28(22)27-21/h4-13,15H,14H2,1-3H3,(H,24,29).